The number of thioether (sulfide) groups is 1. The van der Waals surface area contributed by atoms with Gasteiger partial charge in [0.05, 0.1) is 18.4 Å². The number of anilines is 1. The normalized spacial score (nSPS) is 12.0. The van der Waals surface area contributed by atoms with E-state index in [9.17, 15) is 17.6 Å². The van der Waals surface area contributed by atoms with E-state index < -0.39 is 23.1 Å². The zero-order chi connectivity index (χ0) is 19.6. The van der Waals surface area contributed by atoms with E-state index in [1.165, 1.54) is 22.7 Å². The minimum atomic E-state index is -4.66. The summed E-state index contributed by atoms with van der Waals surface area (Å²) in [6.07, 6.45) is -1.39. The number of unbranched alkanes of at least 4 members (excludes halogenated alkanes) is 1. The van der Waals surface area contributed by atoms with Gasteiger partial charge in [0.1, 0.15) is 11.3 Å². The molecule has 5 nitrogen and oxygen atoms in total. The fourth-order valence-electron chi connectivity index (χ4n) is 2.59. The fourth-order valence-corrected chi connectivity index (χ4v) is 3.52. The molecule has 0 spiro atoms. The first-order valence-electron chi connectivity index (χ1n) is 8.27. The van der Waals surface area contributed by atoms with Crippen molar-refractivity contribution in [3.05, 3.63) is 41.5 Å². The van der Waals surface area contributed by atoms with Gasteiger partial charge in [-0.2, -0.15) is 13.2 Å². The highest BCUT2D eigenvalue weighted by Gasteiger charge is 2.34. The summed E-state index contributed by atoms with van der Waals surface area (Å²) in [4.78, 5) is 12.6. The average molecular weight is 399 g/mol. The first-order valence-corrected chi connectivity index (χ1v) is 9.25. The number of aromatic nitrogens is 4. The van der Waals surface area contributed by atoms with E-state index in [0.29, 0.717) is 5.16 Å². The highest BCUT2D eigenvalue weighted by molar-refractivity contribution is 7.99. The van der Waals surface area contributed by atoms with Crippen molar-refractivity contribution in [1.29, 1.82) is 0 Å². The molecule has 2 heterocycles. The number of benzene rings is 1. The van der Waals surface area contributed by atoms with Crippen LogP contribution >= 0.6 is 11.8 Å². The Balaban J connectivity index is 2.01. The van der Waals surface area contributed by atoms with E-state index in [0.717, 1.165) is 36.8 Å². The van der Waals surface area contributed by atoms with Gasteiger partial charge in [-0.25, -0.2) is 19.3 Å². The molecule has 0 aliphatic carbocycles. The van der Waals surface area contributed by atoms with Gasteiger partial charge in [-0.1, -0.05) is 31.2 Å². The van der Waals surface area contributed by atoms with Gasteiger partial charge < -0.3 is 10.3 Å². The zero-order valence-electron chi connectivity index (χ0n) is 14.4. The van der Waals surface area contributed by atoms with Crippen LogP contribution in [0.4, 0.5) is 23.4 Å². The van der Waals surface area contributed by atoms with Gasteiger partial charge in [0.2, 0.25) is 0 Å². The van der Waals surface area contributed by atoms with Crippen LogP contribution in [0.15, 0.2) is 29.7 Å². The van der Waals surface area contributed by atoms with Crippen molar-refractivity contribution >= 4 is 28.7 Å². The highest BCUT2D eigenvalue weighted by atomic mass is 32.2. The fraction of sp³-hybridized carbons (Fsp3) is 0.353. The highest BCUT2D eigenvalue weighted by Crippen LogP contribution is 2.34. The summed E-state index contributed by atoms with van der Waals surface area (Å²) in [5, 5.41) is 0.416. The molecule has 0 atom stereocenters. The largest absolute Gasteiger partial charge is 0.416 e. The number of rotatable bonds is 6. The number of hydrogen-bond donors (Lipinski definition) is 1. The summed E-state index contributed by atoms with van der Waals surface area (Å²) in [5.74, 6) is -0.00484. The van der Waals surface area contributed by atoms with Gasteiger partial charge in [-0.05, 0) is 18.6 Å². The van der Waals surface area contributed by atoms with Gasteiger partial charge in [0.15, 0.2) is 16.6 Å². The Hall–Kier alpha value is -2.36. The van der Waals surface area contributed by atoms with Crippen molar-refractivity contribution < 1.29 is 17.6 Å². The summed E-state index contributed by atoms with van der Waals surface area (Å²) in [5.41, 5.74) is 4.96. The molecule has 0 fully saturated rings. The van der Waals surface area contributed by atoms with Crippen LogP contribution in [0, 0.1) is 5.82 Å². The Bertz CT molecular complexity index is 954. The van der Waals surface area contributed by atoms with Crippen molar-refractivity contribution in [2.24, 2.45) is 0 Å². The summed E-state index contributed by atoms with van der Waals surface area (Å²) in [7, 11) is 0. The van der Waals surface area contributed by atoms with E-state index >= 15 is 0 Å². The quantitative estimate of drug-likeness (QED) is 0.286. The lowest BCUT2D eigenvalue weighted by Gasteiger charge is -2.14. The van der Waals surface area contributed by atoms with Crippen molar-refractivity contribution in [2.45, 2.75) is 37.6 Å². The molecular formula is C17H17F4N5S. The second kappa shape index (κ2) is 7.71. The maximum absolute atomic E-state index is 14.1. The number of hydrogen-bond acceptors (Lipinski definition) is 5. The number of nitrogens with zero attached hydrogens (tertiary/aromatic N) is 4. The minimum absolute atomic E-state index is 0.141. The van der Waals surface area contributed by atoms with Gasteiger partial charge >= 0.3 is 6.18 Å². The van der Waals surface area contributed by atoms with Crippen molar-refractivity contribution in [3.8, 4) is 0 Å². The predicted molar refractivity (Wildman–Crippen MR) is 95.9 cm³/mol. The Morgan fingerprint density at radius 1 is 1.22 bits per heavy atom. The topological polar surface area (TPSA) is 69.6 Å². The summed E-state index contributed by atoms with van der Waals surface area (Å²) >= 11 is 1.41. The molecule has 0 radical (unpaired) electrons. The maximum Gasteiger partial charge on any atom is 0.416 e. The molecule has 0 amide bonds. The molecule has 144 valence electrons. The summed E-state index contributed by atoms with van der Waals surface area (Å²) in [6.45, 7) is 1.69. The van der Waals surface area contributed by atoms with Gasteiger partial charge in [-0.3, -0.25) is 0 Å². The lowest BCUT2D eigenvalue weighted by Crippen LogP contribution is -2.13. The Morgan fingerprint density at radius 2 is 2.00 bits per heavy atom. The predicted octanol–water partition coefficient (Wildman–Crippen LogP) is 4.51. The number of halogens is 4. The van der Waals surface area contributed by atoms with Crippen LogP contribution in [-0.4, -0.2) is 25.3 Å². The minimum Gasteiger partial charge on any atom is -0.382 e. The SMILES string of the molecule is CCCCSc1nc(N)c2ncn(Cc3c(F)cccc3C(F)(F)F)c2n1. The third-order valence-electron chi connectivity index (χ3n) is 3.95. The first-order chi connectivity index (χ1) is 12.8. The molecule has 2 N–H and O–H groups in total. The molecule has 2 aromatic heterocycles. The smallest absolute Gasteiger partial charge is 0.382 e. The molecule has 1 aromatic carbocycles. The lowest BCUT2D eigenvalue weighted by atomic mass is 10.1. The van der Waals surface area contributed by atoms with Gasteiger partial charge in [0.25, 0.3) is 0 Å². The van der Waals surface area contributed by atoms with Crippen LogP contribution in [0.2, 0.25) is 0 Å². The van der Waals surface area contributed by atoms with Crippen LogP contribution in [0.3, 0.4) is 0 Å². The van der Waals surface area contributed by atoms with Crippen LogP contribution in [0.25, 0.3) is 11.2 Å². The maximum atomic E-state index is 14.1. The van der Waals surface area contributed by atoms with E-state index in [2.05, 4.69) is 21.9 Å². The lowest BCUT2D eigenvalue weighted by molar-refractivity contribution is -0.138. The molecule has 0 unspecified atom stereocenters. The van der Waals surface area contributed by atoms with E-state index in [-0.39, 0.29) is 23.5 Å². The Kier molecular flexibility index (Phi) is 5.54. The molecule has 0 aliphatic heterocycles. The molecule has 10 heteroatoms. The van der Waals surface area contributed by atoms with Crippen molar-refractivity contribution in [1.82, 2.24) is 19.5 Å². The molecule has 3 aromatic rings. The third-order valence-corrected chi connectivity index (χ3v) is 4.89. The molecular weight excluding hydrogens is 382 g/mol. The number of nitrogen functional groups attached to an aromatic ring is 1. The summed E-state index contributed by atoms with van der Waals surface area (Å²) in [6, 6.07) is 2.89. The molecule has 3 rings (SSSR count). The van der Waals surface area contributed by atoms with E-state index in [4.69, 9.17) is 5.73 Å². The van der Waals surface area contributed by atoms with Crippen molar-refractivity contribution in [2.75, 3.05) is 11.5 Å². The number of fused-ring (bicyclic) bond motifs is 1. The summed E-state index contributed by atoms with van der Waals surface area (Å²) < 4.78 is 55.2. The second-order valence-electron chi connectivity index (χ2n) is 5.90. The van der Waals surface area contributed by atoms with Crippen LogP contribution in [0.5, 0.6) is 0 Å². The monoisotopic (exact) mass is 399 g/mol. The molecule has 0 saturated heterocycles. The molecule has 0 bridgehead atoms. The van der Waals surface area contributed by atoms with Crippen LogP contribution in [0.1, 0.15) is 30.9 Å². The Morgan fingerprint density at radius 3 is 2.70 bits per heavy atom. The zero-order valence-corrected chi connectivity index (χ0v) is 15.2. The molecule has 27 heavy (non-hydrogen) atoms. The molecule has 0 aliphatic rings. The average Bonchev–Trinajstić information content (AvgIpc) is 2.99. The van der Waals surface area contributed by atoms with E-state index in [1.807, 2.05) is 0 Å². The third kappa shape index (κ3) is 4.15. The van der Waals surface area contributed by atoms with Crippen molar-refractivity contribution in [3.63, 3.8) is 0 Å². The van der Waals surface area contributed by atoms with Crippen LogP contribution in [-0.2, 0) is 12.7 Å². The Labute approximate surface area is 157 Å². The molecule has 0 saturated carbocycles. The van der Waals surface area contributed by atoms with Gasteiger partial charge in [0, 0.05) is 11.3 Å². The second-order valence-corrected chi connectivity index (χ2v) is 6.96. The number of imidazole rings is 1. The van der Waals surface area contributed by atoms with Gasteiger partial charge in [-0.15, -0.1) is 0 Å². The van der Waals surface area contributed by atoms with Crippen LogP contribution < -0.4 is 5.73 Å². The first kappa shape index (κ1) is 19.4. The number of nitrogens with two attached hydrogens (primary N) is 1. The number of alkyl halides is 3. The standard InChI is InChI=1S/C17H17F4N5S/c1-2-3-7-27-16-24-14(22)13-15(25-16)26(9-23-13)8-10-11(17(19,20)21)5-4-6-12(10)18/h4-6,9H,2-3,7-8H2,1H3,(H2,22,24,25). The van der Waals surface area contributed by atoms with E-state index in [1.54, 1.807) is 0 Å².